The van der Waals surface area contributed by atoms with Crippen molar-refractivity contribution in [1.82, 2.24) is 5.43 Å². The predicted molar refractivity (Wildman–Crippen MR) is 86.8 cm³/mol. The van der Waals surface area contributed by atoms with Gasteiger partial charge in [-0.15, -0.1) is 0 Å². The fourth-order valence-electron chi connectivity index (χ4n) is 2.48. The molecule has 1 aliphatic heterocycles. The fraction of sp³-hybridized carbons (Fsp3) is 0.222. The van der Waals surface area contributed by atoms with Crippen molar-refractivity contribution in [1.29, 1.82) is 0 Å². The van der Waals surface area contributed by atoms with Gasteiger partial charge in [-0.1, -0.05) is 36.4 Å². The monoisotopic (exact) mass is 310 g/mol. The SMILES string of the molecule is CC1(COC(=O)c2ccccc2)CN(c2ccccc2)NC1=O. The van der Waals surface area contributed by atoms with Crippen LogP contribution in [0.5, 0.6) is 0 Å². The molecule has 0 bridgehead atoms. The lowest BCUT2D eigenvalue weighted by molar-refractivity contribution is -0.128. The number of carbonyl (C=O) groups excluding carboxylic acids is 2. The molecule has 1 aliphatic rings. The third kappa shape index (κ3) is 3.18. The number of amides is 1. The van der Waals surface area contributed by atoms with E-state index in [-0.39, 0.29) is 12.5 Å². The van der Waals surface area contributed by atoms with Crippen molar-refractivity contribution in [3.8, 4) is 0 Å². The van der Waals surface area contributed by atoms with Gasteiger partial charge in [0.15, 0.2) is 0 Å². The van der Waals surface area contributed by atoms with Crippen LogP contribution in [-0.4, -0.2) is 25.0 Å². The number of nitrogens with one attached hydrogen (secondary N) is 1. The van der Waals surface area contributed by atoms with Crippen molar-refractivity contribution >= 4 is 17.6 Å². The van der Waals surface area contributed by atoms with Crippen LogP contribution in [0.3, 0.4) is 0 Å². The molecule has 1 saturated heterocycles. The summed E-state index contributed by atoms with van der Waals surface area (Å²) >= 11 is 0. The number of benzene rings is 2. The molecule has 0 saturated carbocycles. The largest absolute Gasteiger partial charge is 0.461 e. The third-order valence-electron chi connectivity index (χ3n) is 3.89. The van der Waals surface area contributed by atoms with Gasteiger partial charge in [0, 0.05) is 0 Å². The van der Waals surface area contributed by atoms with E-state index < -0.39 is 11.4 Å². The van der Waals surface area contributed by atoms with Gasteiger partial charge in [-0.3, -0.25) is 15.2 Å². The molecule has 1 N–H and O–H groups in total. The highest BCUT2D eigenvalue weighted by Gasteiger charge is 2.43. The number of hydrogen-bond acceptors (Lipinski definition) is 4. The van der Waals surface area contributed by atoms with Crippen LogP contribution in [0.25, 0.3) is 0 Å². The van der Waals surface area contributed by atoms with Crippen LogP contribution in [-0.2, 0) is 9.53 Å². The second-order valence-corrected chi connectivity index (χ2v) is 5.87. The van der Waals surface area contributed by atoms with E-state index in [0.29, 0.717) is 12.1 Å². The molecule has 0 aromatic heterocycles. The number of hydrogen-bond donors (Lipinski definition) is 1. The molecule has 3 rings (SSSR count). The number of esters is 1. The van der Waals surface area contributed by atoms with Gasteiger partial charge in [-0.2, -0.15) is 0 Å². The van der Waals surface area contributed by atoms with Gasteiger partial charge in [0.05, 0.1) is 17.8 Å². The highest BCUT2D eigenvalue weighted by Crippen LogP contribution is 2.28. The van der Waals surface area contributed by atoms with E-state index in [0.717, 1.165) is 5.69 Å². The Hall–Kier alpha value is -2.82. The first-order chi connectivity index (χ1) is 11.1. The van der Waals surface area contributed by atoms with Gasteiger partial charge < -0.3 is 4.74 Å². The molecule has 2 aromatic rings. The van der Waals surface area contributed by atoms with Crippen molar-refractivity contribution < 1.29 is 14.3 Å². The molecular weight excluding hydrogens is 292 g/mol. The molecule has 1 atom stereocenters. The van der Waals surface area contributed by atoms with Crippen LogP contribution in [0.15, 0.2) is 60.7 Å². The van der Waals surface area contributed by atoms with Crippen LogP contribution in [0.1, 0.15) is 17.3 Å². The van der Waals surface area contributed by atoms with Crippen LogP contribution in [0.4, 0.5) is 5.69 Å². The lowest BCUT2D eigenvalue weighted by Gasteiger charge is -2.21. The van der Waals surface area contributed by atoms with E-state index >= 15 is 0 Å². The van der Waals surface area contributed by atoms with E-state index in [9.17, 15) is 9.59 Å². The summed E-state index contributed by atoms with van der Waals surface area (Å²) in [7, 11) is 0. The second-order valence-electron chi connectivity index (χ2n) is 5.87. The first-order valence-corrected chi connectivity index (χ1v) is 7.44. The Morgan fingerprint density at radius 1 is 1.13 bits per heavy atom. The maximum absolute atomic E-state index is 12.3. The van der Waals surface area contributed by atoms with Gasteiger partial charge >= 0.3 is 5.97 Å². The summed E-state index contributed by atoms with van der Waals surface area (Å²) in [4.78, 5) is 24.3. The lowest BCUT2D eigenvalue weighted by Crippen LogP contribution is -2.35. The van der Waals surface area contributed by atoms with Gasteiger partial charge in [-0.05, 0) is 31.2 Å². The molecule has 0 radical (unpaired) electrons. The molecule has 0 spiro atoms. The fourth-order valence-corrected chi connectivity index (χ4v) is 2.48. The highest BCUT2D eigenvalue weighted by molar-refractivity contribution is 5.91. The smallest absolute Gasteiger partial charge is 0.338 e. The van der Waals surface area contributed by atoms with Crippen molar-refractivity contribution in [2.24, 2.45) is 5.41 Å². The maximum atomic E-state index is 12.3. The van der Waals surface area contributed by atoms with Crippen LogP contribution < -0.4 is 10.4 Å². The van der Waals surface area contributed by atoms with Crippen LogP contribution >= 0.6 is 0 Å². The molecule has 1 unspecified atom stereocenters. The lowest BCUT2D eigenvalue weighted by atomic mass is 9.92. The molecule has 0 aliphatic carbocycles. The molecule has 5 heteroatoms. The Morgan fingerprint density at radius 2 is 1.74 bits per heavy atom. The Balaban J connectivity index is 1.65. The number of carbonyl (C=O) groups is 2. The van der Waals surface area contributed by atoms with Crippen molar-refractivity contribution in [3.05, 3.63) is 66.2 Å². The average molecular weight is 310 g/mol. The summed E-state index contributed by atoms with van der Waals surface area (Å²) in [6.07, 6.45) is 0. The summed E-state index contributed by atoms with van der Waals surface area (Å²) < 4.78 is 5.34. The number of rotatable bonds is 4. The molecule has 1 amide bonds. The molecule has 1 heterocycles. The highest BCUT2D eigenvalue weighted by atomic mass is 16.5. The molecule has 118 valence electrons. The van der Waals surface area contributed by atoms with E-state index in [2.05, 4.69) is 5.43 Å². The van der Waals surface area contributed by atoms with Gasteiger partial charge in [0.1, 0.15) is 12.0 Å². The van der Waals surface area contributed by atoms with E-state index in [1.165, 1.54) is 0 Å². The number of ether oxygens (including phenoxy) is 1. The zero-order chi connectivity index (χ0) is 16.3. The Bertz CT molecular complexity index is 703. The molecule has 5 nitrogen and oxygen atoms in total. The first kappa shape index (κ1) is 15.1. The summed E-state index contributed by atoms with van der Waals surface area (Å²) in [5, 5.41) is 1.78. The minimum atomic E-state index is -0.777. The Labute approximate surface area is 134 Å². The summed E-state index contributed by atoms with van der Waals surface area (Å²) in [5.41, 5.74) is 3.43. The molecule has 23 heavy (non-hydrogen) atoms. The third-order valence-corrected chi connectivity index (χ3v) is 3.89. The van der Waals surface area contributed by atoms with E-state index in [1.54, 1.807) is 36.2 Å². The minimum Gasteiger partial charge on any atom is -0.461 e. The standard InChI is InChI=1S/C18H18N2O3/c1-18(13-23-16(21)14-8-4-2-5-9-14)12-20(19-17(18)22)15-10-6-3-7-11-15/h2-11H,12-13H2,1H3,(H,19,22). The van der Waals surface area contributed by atoms with Gasteiger partial charge in [0.25, 0.3) is 0 Å². The first-order valence-electron chi connectivity index (χ1n) is 7.44. The molecule has 2 aromatic carbocycles. The topological polar surface area (TPSA) is 58.6 Å². The molecular formula is C18H18N2O3. The van der Waals surface area contributed by atoms with Gasteiger partial charge in [-0.25, -0.2) is 4.79 Å². The maximum Gasteiger partial charge on any atom is 0.338 e. The zero-order valence-electron chi connectivity index (χ0n) is 12.9. The van der Waals surface area contributed by atoms with E-state index in [1.807, 2.05) is 36.4 Å². The zero-order valence-corrected chi connectivity index (χ0v) is 12.9. The average Bonchev–Trinajstić information content (AvgIpc) is 2.90. The van der Waals surface area contributed by atoms with Crippen molar-refractivity contribution in [3.63, 3.8) is 0 Å². The number of para-hydroxylation sites is 1. The number of anilines is 1. The van der Waals surface area contributed by atoms with Crippen molar-refractivity contribution in [2.45, 2.75) is 6.92 Å². The summed E-state index contributed by atoms with van der Waals surface area (Å²) in [5.74, 6) is -0.569. The van der Waals surface area contributed by atoms with Crippen molar-refractivity contribution in [2.75, 3.05) is 18.2 Å². The number of nitrogens with zero attached hydrogens (tertiary/aromatic N) is 1. The minimum absolute atomic E-state index is 0.0376. The quantitative estimate of drug-likeness (QED) is 0.881. The summed E-state index contributed by atoms with van der Waals surface area (Å²) in [6.45, 7) is 2.28. The Morgan fingerprint density at radius 3 is 2.39 bits per heavy atom. The van der Waals surface area contributed by atoms with Crippen LogP contribution in [0, 0.1) is 5.41 Å². The Kier molecular flexibility index (Phi) is 4.02. The molecule has 1 fully saturated rings. The normalized spacial score (nSPS) is 20.2. The second kappa shape index (κ2) is 6.12. The summed E-state index contributed by atoms with van der Waals surface area (Å²) in [6, 6.07) is 18.3. The number of hydrazine groups is 1. The van der Waals surface area contributed by atoms with E-state index in [4.69, 9.17) is 4.74 Å². The predicted octanol–water partition coefficient (Wildman–Crippen LogP) is 2.40. The van der Waals surface area contributed by atoms with Gasteiger partial charge in [0.2, 0.25) is 5.91 Å². The van der Waals surface area contributed by atoms with Crippen LogP contribution in [0.2, 0.25) is 0 Å².